The Morgan fingerprint density at radius 3 is 2.21 bits per heavy atom. The summed E-state index contributed by atoms with van der Waals surface area (Å²) in [5.41, 5.74) is 6.42. The lowest BCUT2D eigenvalue weighted by atomic mass is 9.87. The summed E-state index contributed by atoms with van der Waals surface area (Å²) >= 11 is 12.3. The number of nitrogens with zero attached hydrogens (tertiary/aromatic N) is 3. The Hall–Kier alpha value is -2.69. The Morgan fingerprint density at radius 2 is 1.55 bits per heavy atom. The maximum Gasteiger partial charge on any atom is 0.201 e. The standard InChI is InChI=1S/C23H22Cl2N4/c1-23(2,3)17-11-9-16(10-12-17)22(28-26-19-7-5-4-6-8-19)29-27-21-15-18(24)13-14-20(21)25/h4-15,27H,1-3H3. The van der Waals surface area contributed by atoms with Crippen molar-refractivity contribution >= 4 is 40.4 Å². The molecular weight excluding hydrogens is 403 g/mol. The number of halogens is 2. The van der Waals surface area contributed by atoms with Crippen molar-refractivity contribution in [2.45, 2.75) is 26.2 Å². The van der Waals surface area contributed by atoms with E-state index in [1.54, 1.807) is 18.2 Å². The second-order valence-electron chi connectivity index (χ2n) is 7.53. The van der Waals surface area contributed by atoms with E-state index in [4.69, 9.17) is 23.2 Å². The van der Waals surface area contributed by atoms with Gasteiger partial charge >= 0.3 is 0 Å². The molecule has 0 aliphatic carbocycles. The van der Waals surface area contributed by atoms with Crippen molar-refractivity contribution in [1.82, 2.24) is 0 Å². The molecule has 0 fully saturated rings. The summed E-state index contributed by atoms with van der Waals surface area (Å²) in [6.07, 6.45) is 0. The molecule has 0 aliphatic heterocycles. The second-order valence-corrected chi connectivity index (χ2v) is 8.38. The lowest BCUT2D eigenvalue weighted by molar-refractivity contribution is 0.590. The molecule has 0 unspecified atom stereocenters. The van der Waals surface area contributed by atoms with Crippen molar-refractivity contribution in [1.29, 1.82) is 0 Å². The zero-order chi connectivity index (χ0) is 20.9. The smallest absolute Gasteiger partial charge is 0.201 e. The van der Waals surface area contributed by atoms with E-state index in [2.05, 4.69) is 53.7 Å². The third-order valence-electron chi connectivity index (χ3n) is 4.24. The number of hydrazone groups is 1. The van der Waals surface area contributed by atoms with Crippen molar-refractivity contribution in [2.75, 3.05) is 5.43 Å². The van der Waals surface area contributed by atoms with E-state index in [1.807, 2.05) is 42.5 Å². The number of hydrogen-bond donors (Lipinski definition) is 1. The van der Waals surface area contributed by atoms with E-state index in [-0.39, 0.29) is 5.41 Å². The van der Waals surface area contributed by atoms with Crippen molar-refractivity contribution in [3.05, 3.63) is 94.0 Å². The third-order valence-corrected chi connectivity index (χ3v) is 4.80. The first-order valence-electron chi connectivity index (χ1n) is 9.19. The molecule has 0 aliphatic rings. The summed E-state index contributed by atoms with van der Waals surface area (Å²) < 4.78 is 0. The van der Waals surface area contributed by atoms with Crippen LogP contribution in [0.5, 0.6) is 0 Å². The normalized spacial score (nSPS) is 12.4. The number of hydrogen-bond acceptors (Lipinski definition) is 3. The number of nitrogens with one attached hydrogen (secondary N) is 1. The highest BCUT2D eigenvalue weighted by Crippen LogP contribution is 2.26. The zero-order valence-electron chi connectivity index (χ0n) is 16.5. The summed E-state index contributed by atoms with van der Waals surface area (Å²) in [4.78, 5) is 0. The average Bonchev–Trinajstić information content (AvgIpc) is 2.71. The summed E-state index contributed by atoms with van der Waals surface area (Å²) in [6, 6.07) is 22.8. The van der Waals surface area contributed by atoms with Crippen molar-refractivity contribution in [3.63, 3.8) is 0 Å². The van der Waals surface area contributed by atoms with Crippen LogP contribution in [0.2, 0.25) is 10.0 Å². The molecule has 3 aromatic rings. The number of azo groups is 1. The first-order chi connectivity index (χ1) is 13.8. The Balaban J connectivity index is 1.95. The van der Waals surface area contributed by atoms with Gasteiger partial charge in [0.25, 0.3) is 0 Å². The van der Waals surface area contributed by atoms with Gasteiger partial charge in [-0.15, -0.1) is 10.2 Å². The van der Waals surface area contributed by atoms with Gasteiger partial charge in [0, 0.05) is 10.6 Å². The van der Waals surface area contributed by atoms with Gasteiger partial charge in [0.05, 0.1) is 16.4 Å². The second kappa shape index (κ2) is 9.21. The van der Waals surface area contributed by atoms with Crippen LogP contribution in [0.4, 0.5) is 11.4 Å². The molecule has 6 heteroatoms. The van der Waals surface area contributed by atoms with Crippen LogP contribution < -0.4 is 5.43 Å². The summed E-state index contributed by atoms with van der Waals surface area (Å²) in [5.74, 6) is 0.436. The van der Waals surface area contributed by atoms with E-state index >= 15 is 0 Å². The fourth-order valence-electron chi connectivity index (χ4n) is 2.56. The van der Waals surface area contributed by atoms with Crippen LogP contribution in [0.3, 0.4) is 0 Å². The summed E-state index contributed by atoms with van der Waals surface area (Å²) in [7, 11) is 0. The summed E-state index contributed by atoms with van der Waals surface area (Å²) in [5, 5.41) is 14.2. The average molecular weight is 425 g/mol. The Labute approximate surface area is 181 Å². The van der Waals surface area contributed by atoms with E-state index in [1.165, 1.54) is 5.56 Å². The molecule has 0 atom stereocenters. The first kappa shape index (κ1) is 21.0. The SMILES string of the molecule is CC(C)(C)c1ccc(C(N=Nc2ccccc2)=NNc2cc(Cl)ccc2Cl)cc1. The van der Waals surface area contributed by atoms with Crippen LogP contribution >= 0.6 is 23.2 Å². The minimum atomic E-state index is 0.0634. The molecular formula is C23H22Cl2N4. The first-order valence-corrected chi connectivity index (χ1v) is 9.95. The van der Waals surface area contributed by atoms with Crippen LogP contribution in [0.25, 0.3) is 0 Å². The van der Waals surface area contributed by atoms with Gasteiger partial charge in [-0.05, 0) is 41.3 Å². The third kappa shape index (κ3) is 5.89. The molecule has 148 valence electrons. The molecule has 3 rings (SSSR count). The fourth-order valence-corrected chi connectivity index (χ4v) is 2.89. The van der Waals surface area contributed by atoms with E-state index in [9.17, 15) is 0 Å². The van der Waals surface area contributed by atoms with Gasteiger partial charge in [0.1, 0.15) is 0 Å². The topological polar surface area (TPSA) is 49.1 Å². The fraction of sp³-hybridized carbons (Fsp3) is 0.174. The molecule has 0 saturated heterocycles. The molecule has 0 saturated carbocycles. The number of anilines is 1. The molecule has 0 radical (unpaired) electrons. The van der Waals surface area contributed by atoms with E-state index in [0.717, 1.165) is 11.3 Å². The van der Waals surface area contributed by atoms with Gasteiger partial charge in [-0.25, -0.2) is 0 Å². The molecule has 0 aromatic heterocycles. The van der Waals surface area contributed by atoms with Crippen LogP contribution in [0.1, 0.15) is 31.9 Å². The highest BCUT2D eigenvalue weighted by atomic mass is 35.5. The van der Waals surface area contributed by atoms with E-state index < -0.39 is 0 Å². The number of amidine groups is 1. The minimum Gasteiger partial charge on any atom is -0.275 e. The molecule has 4 nitrogen and oxygen atoms in total. The van der Waals surface area contributed by atoms with Gasteiger partial charge in [-0.3, -0.25) is 5.43 Å². The molecule has 3 aromatic carbocycles. The maximum absolute atomic E-state index is 6.23. The van der Waals surface area contributed by atoms with Gasteiger partial charge in [0.2, 0.25) is 5.84 Å². The molecule has 29 heavy (non-hydrogen) atoms. The van der Waals surface area contributed by atoms with Crippen LogP contribution in [-0.2, 0) is 5.41 Å². The predicted molar refractivity (Wildman–Crippen MR) is 123 cm³/mol. The number of benzene rings is 3. The lowest BCUT2D eigenvalue weighted by Crippen LogP contribution is -2.11. The predicted octanol–water partition coefficient (Wildman–Crippen LogP) is 7.85. The quantitative estimate of drug-likeness (QED) is 0.197. The van der Waals surface area contributed by atoms with Crippen LogP contribution in [-0.4, -0.2) is 5.84 Å². The van der Waals surface area contributed by atoms with Gasteiger partial charge in [-0.2, -0.15) is 5.10 Å². The van der Waals surface area contributed by atoms with Crippen molar-refractivity contribution in [2.24, 2.45) is 15.3 Å². The zero-order valence-corrected chi connectivity index (χ0v) is 18.0. The van der Waals surface area contributed by atoms with Crippen LogP contribution in [0, 0.1) is 0 Å². The molecule has 0 spiro atoms. The monoisotopic (exact) mass is 424 g/mol. The van der Waals surface area contributed by atoms with Crippen molar-refractivity contribution < 1.29 is 0 Å². The van der Waals surface area contributed by atoms with Crippen molar-refractivity contribution in [3.8, 4) is 0 Å². The highest BCUT2D eigenvalue weighted by Gasteiger charge is 2.14. The largest absolute Gasteiger partial charge is 0.275 e. The van der Waals surface area contributed by atoms with Gasteiger partial charge < -0.3 is 0 Å². The highest BCUT2D eigenvalue weighted by molar-refractivity contribution is 6.35. The molecule has 0 amide bonds. The van der Waals surface area contributed by atoms with Gasteiger partial charge in [0.15, 0.2) is 0 Å². The Bertz CT molecular complexity index is 1020. The lowest BCUT2D eigenvalue weighted by Gasteiger charge is -2.19. The number of rotatable bonds is 4. The van der Waals surface area contributed by atoms with Crippen LogP contribution in [0.15, 0.2) is 88.1 Å². The Morgan fingerprint density at radius 1 is 0.862 bits per heavy atom. The molecule has 0 bridgehead atoms. The molecule has 0 heterocycles. The maximum atomic E-state index is 6.23. The molecule has 1 N–H and O–H groups in total. The summed E-state index contributed by atoms with van der Waals surface area (Å²) in [6.45, 7) is 6.53. The Kier molecular flexibility index (Phi) is 6.68. The van der Waals surface area contributed by atoms with E-state index in [0.29, 0.717) is 21.6 Å². The minimum absolute atomic E-state index is 0.0634. The van der Waals surface area contributed by atoms with Gasteiger partial charge in [-0.1, -0.05) is 86.4 Å².